The molecule has 0 radical (unpaired) electrons. The van der Waals surface area contributed by atoms with Gasteiger partial charge in [0.2, 0.25) is 11.2 Å². The number of benzene rings is 2. The molecule has 1 aliphatic carbocycles. The molecule has 3 aromatic rings. The van der Waals surface area contributed by atoms with Crippen LogP contribution in [0.15, 0.2) is 53.2 Å². The van der Waals surface area contributed by atoms with Gasteiger partial charge in [0.25, 0.3) is 6.20 Å². The topological polar surface area (TPSA) is 129 Å². The molecular weight excluding hydrogens is 539 g/mol. The molecule has 5 N–H and O–H groups in total. The number of alkyl halides is 3. The maximum atomic E-state index is 13.6. The zero-order chi connectivity index (χ0) is 29.6. The van der Waals surface area contributed by atoms with Crippen molar-refractivity contribution in [2.24, 2.45) is 11.7 Å². The average molecular weight is 575 g/mol. The van der Waals surface area contributed by atoms with Gasteiger partial charge in [0.1, 0.15) is 0 Å². The summed E-state index contributed by atoms with van der Waals surface area (Å²) in [5.74, 6) is 0.163. The summed E-state index contributed by atoms with van der Waals surface area (Å²) in [5, 5.41) is 11.3. The summed E-state index contributed by atoms with van der Waals surface area (Å²) in [6, 6.07) is 9.21. The van der Waals surface area contributed by atoms with Gasteiger partial charge in [0, 0.05) is 37.3 Å². The maximum Gasteiger partial charge on any atom is 0.416 e. The van der Waals surface area contributed by atoms with Crippen LogP contribution < -0.4 is 26.4 Å². The summed E-state index contributed by atoms with van der Waals surface area (Å²) in [6.45, 7) is 1.33. The molecule has 1 fully saturated rings. The van der Waals surface area contributed by atoms with Crippen molar-refractivity contribution in [1.29, 1.82) is 0 Å². The molecule has 2 aromatic carbocycles. The largest absolute Gasteiger partial charge is 0.416 e. The van der Waals surface area contributed by atoms with E-state index >= 15 is 0 Å². The second-order valence-electron chi connectivity index (χ2n) is 10.6. The molecular formula is C28H35F3N7O3+. The number of carbonyl (C=O) groups excluding carboxylic acids is 2. The molecule has 1 heterocycles. The summed E-state index contributed by atoms with van der Waals surface area (Å²) >= 11 is 0. The Bertz CT molecular complexity index is 1350. The van der Waals surface area contributed by atoms with E-state index in [1.165, 1.54) is 6.07 Å². The smallest absolute Gasteiger partial charge is 0.326 e. The van der Waals surface area contributed by atoms with Crippen molar-refractivity contribution < 1.29 is 32.0 Å². The number of hydrogen-bond acceptors (Lipinski definition) is 6. The van der Waals surface area contributed by atoms with Crippen LogP contribution in [0.2, 0.25) is 0 Å². The Kier molecular flexibility index (Phi) is 9.61. The molecule has 10 nitrogen and oxygen atoms in total. The second-order valence-corrected chi connectivity index (χ2v) is 10.6. The maximum absolute atomic E-state index is 13.6. The summed E-state index contributed by atoms with van der Waals surface area (Å²) in [7, 11) is 4.11. The van der Waals surface area contributed by atoms with E-state index in [9.17, 15) is 22.8 Å². The van der Waals surface area contributed by atoms with E-state index in [1.807, 2.05) is 6.07 Å². The minimum Gasteiger partial charge on any atom is -0.326 e. The van der Waals surface area contributed by atoms with Crippen molar-refractivity contribution in [3.63, 3.8) is 0 Å². The third kappa shape index (κ3) is 8.76. The summed E-state index contributed by atoms with van der Waals surface area (Å²) in [4.78, 5) is 27.4. The number of halogens is 3. The van der Waals surface area contributed by atoms with E-state index in [2.05, 4.69) is 40.2 Å². The predicted molar refractivity (Wildman–Crippen MR) is 147 cm³/mol. The molecule has 0 bridgehead atoms. The highest BCUT2D eigenvalue weighted by molar-refractivity contribution is 6.00. The lowest BCUT2D eigenvalue weighted by molar-refractivity contribution is -0.787. The molecule has 0 unspecified atom stereocenters. The Morgan fingerprint density at radius 2 is 1.71 bits per heavy atom. The van der Waals surface area contributed by atoms with Crippen molar-refractivity contribution in [2.45, 2.75) is 50.9 Å². The van der Waals surface area contributed by atoms with Crippen molar-refractivity contribution in [1.82, 2.24) is 10.2 Å². The summed E-state index contributed by atoms with van der Waals surface area (Å²) in [6.07, 6.45) is 0.771. The average Bonchev–Trinajstić information content (AvgIpc) is 3.36. The quantitative estimate of drug-likeness (QED) is 0.278. The number of amides is 3. The van der Waals surface area contributed by atoms with E-state index in [0.717, 1.165) is 49.9 Å². The summed E-state index contributed by atoms with van der Waals surface area (Å²) in [5.41, 5.74) is 5.82. The van der Waals surface area contributed by atoms with Gasteiger partial charge < -0.3 is 21.3 Å². The van der Waals surface area contributed by atoms with E-state index in [0.29, 0.717) is 18.0 Å². The lowest BCUT2D eigenvalue weighted by Gasteiger charge is -2.26. The van der Waals surface area contributed by atoms with E-state index in [1.54, 1.807) is 29.1 Å². The predicted octanol–water partition coefficient (Wildman–Crippen LogP) is 4.56. The molecule has 220 valence electrons. The van der Waals surface area contributed by atoms with E-state index in [4.69, 9.17) is 10.3 Å². The van der Waals surface area contributed by atoms with Crippen LogP contribution in [0.3, 0.4) is 0 Å². The number of rotatable bonds is 9. The fourth-order valence-electron chi connectivity index (χ4n) is 5.06. The molecule has 1 aromatic heterocycles. The fraction of sp³-hybridized carbons (Fsp3) is 0.429. The van der Waals surface area contributed by atoms with Crippen LogP contribution in [0.25, 0.3) is 0 Å². The molecule has 13 heteroatoms. The lowest BCUT2D eigenvalue weighted by Crippen LogP contribution is -2.43. The van der Waals surface area contributed by atoms with Crippen molar-refractivity contribution in [2.75, 3.05) is 36.6 Å². The van der Waals surface area contributed by atoms with E-state index in [-0.39, 0.29) is 29.7 Å². The van der Waals surface area contributed by atoms with Gasteiger partial charge in [-0.05, 0) is 66.9 Å². The van der Waals surface area contributed by atoms with Crippen LogP contribution in [0.4, 0.5) is 35.2 Å². The number of nitrogens with one attached hydrogen (secondary N) is 3. The van der Waals surface area contributed by atoms with Gasteiger partial charge in [-0.15, -0.1) is 0 Å². The molecule has 41 heavy (non-hydrogen) atoms. The van der Waals surface area contributed by atoms with Gasteiger partial charge >= 0.3 is 18.1 Å². The van der Waals surface area contributed by atoms with Crippen LogP contribution in [0, 0.1) is 5.92 Å². The SMILES string of the molecule is CN(C)CC1CCC([n+]2cc(NC(=O)Nc3cc(NC(=O)Cc4cccc(CN)c4)cc(C(F)(F)F)c3)on2)CC1. The Hall–Kier alpha value is -3.97. The highest BCUT2D eigenvalue weighted by Gasteiger charge is 2.32. The molecule has 0 spiro atoms. The Morgan fingerprint density at radius 1 is 1.02 bits per heavy atom. The highest BCUT2D eigenvalue weighted by Crippen LogP contribution is 2.34. The molecule has 3 amide bonds. The van der Waals surface area contributed by atoms with Gasteiger partial charge in [0.15, 0.2) is 6.04 Å². The number of carbonyl (C=O) groups is 2. The highest BCUT2D eigenvalue weighted by atomic mass is 19.4. The normalized spacial score (nSPS) is 17.3. The van der Waals surface area contributed by atoms with Crippen molar-refractivity contribution >= 4 is 29.2 Å². The Balaban J connectivity index is 1.38. The number of anilines is 3. The molecule has 0 atom stereocenters. The first-order chi connectivity index (χ1) is 19.5. The molecule has 0 saturated heterocycles. The van der Waals surface area contributed by atoms with Crippen LogP contribution in [0.1, 0.15) is 48.4 Å². The van der Waals surface area contributed by atoms with Crippen LogP contribution >= 0.6 is 0 Å². The lowest BCUT2D eigenvalue weighted by atomic mass is 9.86. The van der Waals surface area contributed by atoms with Gasteiger partial charge in [0.05, 0.1) is 12.0 Å². The number of urea groups is 1. The number of hydrogen-bond donors (Lipinski definition) is 4. The Morgan fingerprint density at radius 3 is 2.37 bits per heavy atom. The Labute approximate surface area is 236 Å². The third-order valence-corrected chi connectivity index (χ3v) is 6.93. The van der Waals surface area contributed by atoms with Crippen LogP contribution in [-0.2, 0) is 23.9 Å². The molecule has 4 rings (SSSR count). The zero-order valence-electron chi connectivity index (χ0n) is 23.0. The fourth-order valence-corrected chi connectivity index (χ4v) is 5.06. The number of nitrogens with zero attached hydrogens (tertiary/aromatic N) is 3. The van der Waals surface area contributed by atoms with Crippen LogP contribution in [0.5, 0.6) is 0 Å². The molecule has 1 aliphatic rings. The van der Waals surface area contributed by atoms with Crippen molar-refractivity contribution in [3.05, 3.63) is 65.4 Å². The van der Waals surface area contributed by atoms with Gasteiger partial charge in [-0.2, -0.15) is 13.2 Å². The van der Waals surface area contributed by atoms with Crippen LogP contribution in [-0.4, -0.2) is 42.7 Å². The van der Waals surface area contributed by atoms with Crippen molar-refractivity contribution in [3.8, 4) is 0 Å². The first-order valence-corrected chi connectivity index (χ1v) is 13.4. The first kappa shape index (κ1) is 30.0. The minimum atomic E-state index is -4.70. The molecule has 0 aliphatic heterocycles. The summed E-state index contributed by atoms with van der Waals surface area (Å²) < 4.78 is 47.7. The zero-order valence-corrected chi connectivity index (χ0v) is 23.0. The number of nitrogens with two attached hydrogens (primary N) is 1. The van der Waals surface area contributed by atoms with E-state index < -0.39 is 23.7 Å². The number of aromatic nitrogens is 2. The van der Waals surface area contributed by atoms with Gasteiger partial charge in [-0.1, -0.05) is 24.3 Å². The third-order valence-electron chi connectivity index (χ3n) is 6.93. The second kappa shape index (κ2) is 13.1. The standard InChI is InChI=1S/C28H34F3N7O3/c1-37(2)16-18-6-8-24(9-7-18)38-17-26(41-36-38)35-27(40)34-23-13-21(28(29,30)31)12-22(14-23)33-25(39)11-19-4-3-5-20(10-19)15-32/h3-5,10,12-14,17-18,24H,6-9,11,15-16,32H2,1-2H3,(H2-,33,34,35,36,39,40)/p+1. The first-order valence-electron chi connectivity index (χ1n) is 13.4. The monoisotopic (exact) mass is 574 g/mol. The van der Waals surface area contributed by atoms with Gasteiger partial charge in [-0.3, -0.25) is 14.6 Å². The molecule has 1 saturated carbocycles. The minimum absolute atomic E-state index is 0.0538. The van der Waals surface area contributed by atoms with Gasteiger partial charge in [-0.25, -0.2) is 4.79 Å².